The number of nitrogens with one attached hydrogen (secondary N) is 2. The molecule has 122 valence electrons. The van der Waals surface area contributed by atoms with E-state index in [0.29, 0.717) is 10.7 Å². The molecule has 0 bridgehead atoms. The zero-order valence-electron chi connectivity index (χ0n) is 12.1. The van der Waals surface area contributed by atoms with Gasteiger partial charge >= 0.3 is 0 Å². The van der Waals surface area contributed by atoms with Gasteiger partial charge in [0.05, 0.1) is 10.9 Å². The van der Waals surface area contributed by atoms with Crippen molar-refractivity contribution in [1.82, 2.24) is 4.72 Å². The predicted molar refractivity (Wildman–Crippen MR) is 94.0 cm³/mol. The molecule has 2 rings (SSSR count). The van der Waals surface area contributed by atoms with E-state index in [1.807, 2.05) is 0 Å². The van der Waals surface area contributed by atoms with E-state index in [-0.39, 0.29) is 4.90 Å². The minimum atomic E-state index is -3.77. The fourth-order valence-electron chi connectivity index (χ4n) is 1.75. The first-order valence-electron chi connectivity index (χ1n) is 6.62. The first-order valence-corrected chi connectivity index (χ1v) is 9.28. The summed E-state index contributed by atoms with van der Waals surface area (Å²) in [4.78, 5) is 12.2. The van der Waals surface area contributed by atoms with Gasteiger partial charge in [0.25, 0.3) is 0 Å². The molecule has 2 aromatic rings. The number of hydrogen-bond donors (Lipinski definition) is 2. The van der Waals surface area contributed by atoms with Crippen LogP contribution in [0.15, 0.2) is 57.9 Å². The number of carbonyl (C=O) groups excluding carboxylic acids is 1. The summed E-state index contributed by atoms with van der Waals surface area (Å²) >= 11 is 9.01. The van der Waals surface area contributed by atoms with E-state index in [1.165, 1.54) is 19.1 Å². The number of anilines is 1. The Morgan fingerprint density at radius 1 is 1.09 bits per heavy atom. The third-order valence-electron chi connectivity index (χ3n) is 2.96. The van der Waals surface area contributed by atoms with Crippen LogP contribution in [0.4, 0.5) is 5.69 Å². The maximum absolute atomic E-state index is 12.2. The van der Waals surface area contributed by atoms with Gasteiger partial charge in [-0.15, -0.1) is 0 Å². The van der Waals surface area contributed by atoms with Crippen molar-refractivity contribution >= 4 is 49.1 Å². The minimum absolute atomic E-state index is 0.0897. The highest BCUT2D eigenvalue weighted by atomic mass is 79.9. The van der Waals surface area contributed by atoms with E-state index in [4.69, 9.17) is 11.6 Å². The molecule has 0 saturated carbocycles. The molecule has 0 radical (unpaired) electrons. The summed E-state index contributed by atoms with van der Waals surface area (Å²) in [7, 11) is -3.77. The highest BCUT2D eigenvalue weighted by Gasteiger charge is 2.22. The zero-order chi connectivity index (χ0) is 17.0. The highest BCUT2D eigenvalue weighted by molar-refractivity contribution is 9.10. The summed E-state index contributed by atoms with van der Waals surface area (Å²) in [5, 5.41) is 3.17. The Kier molecular flexibility index (Phi) is 5.80. The van der Waals surface area contributed by atoms with Crippen molar-refractivity contribution in [2.45, 2.75) is 17.9 Å². The lowest BCUT2D eigenvalue weighted by Gasteiger charge is -2.14. The van der Waals surface area contributed by atoms with E-state index >= 15 is 0 Å². The van der Waals surface area contributed by atoms with Gasteiger partial charge in [0, 0.05) is 15.2 Å². The number of rotatable bonds is 5. The molecule has 1 amide bonds. The van der Waals surface area contributed by atoms with Gasteiger partial charge in [-0.05, 0) is 55.5 Å². The summed E-state index contributed by atoms with van der Waals surface area (Å²) in [5.74, 6) is -0.465. The first-order chi connectivity index (χ1) is 10.8. The molecule has 0 spiro atoms. The lowest BCUT2D eigenvalue weighted by Crippen LogP contribution is -2.41. The van der Waals surface area contributed by atoms with Crippen molar-refractivity contribution in [2.75, 3.05) is 5.32 Å². The Morgan fingerprint density at radius 3 is 2.22 bits per heavy atom. The fourth-order valence-corrected chi connectivity index (χ4v) is 3.35. The Morgan fingerprint density at radius 2 is 1.65 bits per heavy atom. The fraction of sp³-hybridized carbons (Fsp3) is 0.133. The van der Waals surface area contributed by atoms with Crippen LogP contribution in [0.3, 0.4) is 0 Å². The standard InChI is InChI=1S/C15H14BrClN2O3S/c1-10(15(20)18-13-6-4-12(17)5-7-13)19-23(21,22)14-8-2-11(16)3-9-14/h2-10,19H,1H3,(H,18,20). The minimum Gasteiger partial charge on any atom is -0.325 e. The van der Waals surface area contributed by atoms with Gasteiger partial charge in [0.1, 0.15) is 0 Å². The topological polar surface area (TPSA) is 75.3 Å². The molecule has 0 aliphatic carbocycles. The van der Waals surface area contributed by atoms with Gasteiger partial charge in [-0.1, -0.05) is 27.5 Å². The molecule has 0 fully saturated rings. The largest absolute Gasteiger partial charge is 0.325 e. The number of amides is 1. The molecule has 5 nitrogen and oxygen atoms in total. The third-order valence-corrected chi connectivity index (χ3v) is 5.30. The lowest BCUT2D eigenvalue weighted by molar-refractivity contribution is -0.117. The van der Waals surface area contributed by atoms with Crippen LogP contribution in [0.2, 0.25) is 5.02 Å². The molecule has 2 N–H and O–H groups in total. The molecule has 0 aliphatic heterocycles. The SMILES string of the molecule is CC(NS(=O)(=O)c1ccc(Br)cc1)C(=O)Nc1ccc(Cl)cc1. The van der Waals surface area contributed by atoms with Crippen molar-refractivity contribution in [3.8, 4) is 0 Å². The third kappa shape index (κ3) is 5.04. The number of carbonyl (C=O) groups is 1. The second-order valence-electron chi connectivity index (χ2n) is 4.79. The van der Waals surface area contributed by atoms with Crippen molar-refractivity contribution in [3.63, 3.8) is 0 Å². The van der Waals surface area contributed by atoms with Gasteiger partial charge in [0.15, 0.2) is 0 Å². The second kappa shape index (κ2) is 7.44. The van der Waals surface area contributed by atoms with Crippen LogP contribution in [-0.2, 0) is 14.8 Å². The van der Waals surface area contributed by atoms with Crippen LogP contribution in [-0.4, -0.2) is 20.4 Å². The molecule has 1 unspecified atom stereocenters. The van der Waals surface area contributed by atoms with Gasteiger partial charge < -0.3 is 5.32 Å². The van der Waals surface area contributed by atoms with Crippen LogP contribution < -0.4 is 10.0 Å². The van der Waals surface area contributed by atoms with E-state index in [1.54, 1.807) is 36.4 Å². The average molecular weight is 418 g/mol. The van der Waals surface area contributed by atoms with E-state index < -0.39 is 22.0 Å². The van der Waals surface area contributed by atoms with Gasteiger partial charge in [-0.2, -0.15) is 4.72 Å². The monoisotopic (exact) mass is 416 g/mol. The number of halogens is 2. The van der Waals surface area contributed by atoms with Crippen LogP contribution in [0.25, 0.3) is 0 Å². The van der Waals surface area contributed by atoms with Crippen LogP contribution in [0, 0.1) is 0 Å². The molecule has 23 heavy (non-hydrogen) atoms. The molecule has 0 aliphatic rings. The van der Waals surface area contributed by atoms with Crippen LogP contribution >= 0.6 is 27.5 Å². The molecular weight excluding hydrogens is 404 g/mol. The molecule has 0 heterocycles. The summed E-state index contributed by atoms with van der Waals surface area (Å²) in [5.41, 5.74) is 0.536. The predicted octanol–water partition coefficient (Wildman–Crippen LogP) is 3.41. The van der Waals surface area contributed by atoms with Crippen molar-refractivity contribution in [3.05, 3.63) is 58.0 Å². The van der Waals surface area contributed by atoms with Crippen molar-refractivity contribution in [2.24, 2.45) is 0 Å². The quantitative estimate of drug-likeness (QED) is 0.783. The van der Waals surface area contributed by atoms with Gasteiger partial charge in [-0.25, -0.2) is 8.42 Å². The summed E-state index contributed by atoms with van der Waals surface area (Å²) in [6, 6.07) is 11.7. The molecule has 2 aromatic carbocycles. The summed E-state index contributed by atoms with van der Waals surface area (Å²) < 4.78 is 27.6. The van der Waals surface area contributed by atoms with Crippen molar-refractivity contribution < 1.29 is 13.2 Å². The number of sulfonamides is 1. The number of benzene rings is 2. The molecule has 0 saturated heterocycles. The first kappa shape index (κ1) is 17.9. The average Bonchev–Trinajstić information content (AvgIpc) is 2.49. The highest BCUT2D eigenvalue weighted by Crippen LogP contribution is 2.16. The van der Waals surface area contributed by atoms with Crippen LogP contribution in [0.5, 0.6) is 0 Å². The van der Waals surface area contributed by atoms with Crippen molar-refractivity contribution in [1.29, 1.82) is 0 Å². The maximum atomic E-state index is 12.2. The van der Waals surface area contributed by atoms with Gasteiger partial charge in [-0.3, -0.25) is 4.79 Å². The molecule has 8 heteroatoms. The second-order valence-corrected chi connectivity index (χ2v) is 7.86. The Bertz CT molecular complexity index is 792. The normalized spacial score (nSPS) is 12.7. The van der Waals surface area contributed by atoms with Crippen LogP contribution in [0.1, 0.15) is 6.92 Å². The maximum Gasteiger partial charge on any atom is 0.242 e. The Balaban J connectivity index is 2.05. The molecule has 1 atom stereocenters. The lowest BCUT2D eigenvalue weighted by atomic mass is 10.3. The Hall–Kier alpha value is -1.41. The summed E-state index contributed by atoms with van der Waals surface area (Å²) in [6.45, 7) is 1.47. The zero-order valence-corrected chi connectivity index (χ0v) is 15.2. The van der Waals surface area contributed by atoms with E-state index in [2.05, 4.69) is 26.0 Å². The summed E-state index contributed by atoms with van der Waals surface area (Å²) in [6.07, 6.45) is 0. The van der Waals surface area contributed by atoms with E-state index in [9.17, 15) is 13.2 Å². The van der Waals surface area contributed by atoms with E-state index in [0.717, 1.165) is 4.47 Å². The van der Waals surface area contributed by atoms with Gasteiger partial charge in [0.2, 0.25) is 15.9 Å². The smallest absolute Gasteiger partial charge is 0.242 e. The number of hydrogen-bond acceptors (Lipinski definition) is 3. The Labute approximate surface area is 148 Å². The molecular formula is C15H14BrClN2O3S. The molecule has 0 aromatic heterocycles.